The number of hydrogen-bond acceptors (Lipinski definition) is 8. The van der Waals surface area contributed by atoms with E-state index in [1.807, 2.05) is 0 Å². The van der Waals surface area contributed by atoms with E-state index in [2.05, 4.69) is 15.4 Å². The van der Waals surface area contributed by atoms with Crippen molar-refractivity contribution in [3.8, 4) is 0 Å². The third kappa shape index (κ3) is 5.73. The summed E-state index contributed by atoms with van der Waals surface area (Å²) < 4.78 is 10.1. The summed E-state index contributed by atoms with van der Waals surface area (Å²) in [5.41, 5.74) is 8.67. The number of nitro benzene ring substituents is 1. The lowest BCUT2D eigenvalue weighted by Crippen LogP contribution is -2.70. The molecule has 0 spiro atoms. The molecule has 2 N–H and O–H groups in total. The molecule has 0 unspecified atom stereocenters. The lowest BCUT2D eigenvalue weighted by Gasteiger charge is -2.36. The van der Waals surface area contributed by atoms with Gasteiger partial charge in [0, 0.05) is 17.7 Å². The summed E-state index contributed by atoms with van der Waals surface area (Å²) in [6.45, 7) is -1.09. The van der Waals surface area contributed by atoms with Crippen LogP contribution < -0.4 is 10.6 Å². The molecule has 0 aromatic heterocycles. The number of nitrogens with one attached hydrogen (secondary N) is 2. The number of ether oxygens (including phenoxy) is 2. The number of ketones is 1. The molecular formula is C21H17N5O8. The average molecular weight is 467 g/mol. The monoisotopic (exact) mass is 467 g/mol. The number of nitrogens with zero attached hydrogens (tertiary/aromatic N) is 3. The Hall–Kier alpha value is -4.74. The summed E-state index contributed by atoms with van der Waals surface area (Å²) in [6, 6.07) is 12.2. The Balaban J connectivity index is 1.49. The Labute approximate surface area is 191 Å². The predicted octanol–water partition coefficient (Wildman–Crippen LogP) is 0.149. The minimum atomic E-state index is -1.25. The largest absolute Gasteiger partial charge is 0.452 e. The van der Waals surface area contributed by atoms with Crippen LogP contribution in [0.4, 0.5) is 5.69 Å². The van der Waals surface area contributed by atoms with Crippen LogP contribution in [0.1, 0.15) is 15.9 Å². The van der Waals surface area contributed by atoms with Crippen molar-refractivity contribution in [2.24, 2.45) is 0 Å². The average Bonchev–Trinajstić information content (AvgIpc) is 2.84. The van der Waals surface area contributed by atoms with Crippen LogP contribution in [0, 0.1) is 10.1 Å². The number of Topliss-reactive ketones (excluding diaryl/α,β-unsaturated/α-hetero) is 1. The predicted molar refractivity (Wildman–Crippen MR) is 112 cm³/mol. The number of rotatable bonds is 10. The van der Waals surface area contributed by atoms with E-state index in [0.717, 1.165) is 0 Å². The molecule has 13 heteroatoms. The Bertz CT molecular complexity index is 1180. The summed E-state index contributed by atoms with van der Waals surface area (Å²) >= 11 is 0. The van der Waals surface area contributed by atoms with Crippen molar-refractivity contribution in [2.75, 3.05) is 6.61 Å². The Kier molecular flexibility index (Phi) is 7.54. The third-order valence-electron chi connectivity index (χ3n) is 4.66. The Morgan fingerprint density at radius 1 is 1.12 bits per heavy atom. The molecule has 2 amide bonds. The van der Waals surface area contributed by atoms with Crippen LogP contribution in [0.25, 0.3) is 5.53 Å². The van der Waals surface area contributed by atoms with Gasteiger partial charge in [-0.1, -0.05) is 18.2 Å². The fourth-order valence-corrected chi connectivity index (χ4v) is 2.82. The number of β-lactam (4-membered cyclic amide) rings is 1. The van der Waals surface area contributed by atoms with Crippen molar-refractivity contribution in [1.82, 2.24) is 10.6 Å². The lowest BCUT2D eigenvalue weighted by molar-refractivity contribution is -0.384. The van der Waals surface area contributed by atoms with Crippen molar-refractivity contribution in [3.05, 3.63) is 81.4 Å². The molecule has 0 saturated carbocycles. The maximum Gasteiger partial charge on any atom is 0.443 e. The minimum Gasteiger partial charge on any atom is -0.452 e. The number of amides is 2. The van der Waals surface area contributed by atoms with Crippen molar-refractivity contribution in [2.45, 2.75) is 18.9 Å². The number of carbonyl (C=O) groups is 4. The first-order valence-corrected chi connectivity index (χ1v) is 9.73. The van der Waals surface area contributed by atoms with Crippen LogP contribution in [-0.4, -0.2) is 57.9 Å². The standard InChI is InChI=1S/C21H17N5O8/c22-25-16(21(30)34-10-12-6-8-14(9-7-12)26(31)32)15(27)11-33-20-17(19(29)24-20)23-18(28)13-4-2-1-3-5-13/h1-9,17,20H,10-11H2,(H,23,28)(H,24,29)/t17-,20+/m0/s1. The molecule has 3 rings (SSSR count). The van der Waals surface area contributed by atoms with E-state index in [1.54, 1.807) is 30.3 Å². The molecule has 174 valence electrons. The van der Waals surface area contributed by atoms with E-state index in [4.69, 9.17) is 15.0 Å². The molecule has 0 bridgehead atoms. The van der Waals surface area contributed by atoms with Gasteiger partial charge in [-0.2, -0.15) is 4.79 Å². The van der Waals surface area contributed by atoms with Crippen molar-refractivity contribution in [1.29, 1.82) is 0 Å². The molecule has 2 atom stereocenters. The molecule has 13 nitrogen and oxygen atoms in total. The number of nitro groups is 1. The van der Waals surface area contributed by atoms with Gasteiger partial charge in [0.1, 0.15) is 13.2 Å². The van der Waals surface area contributed by atoms with Crippen molar-refractivity contribution >= 4 is 35.0 Å². The van der Waals surface area contributed by atoms with Gasteiger partial charge in [0.15, 0.2) is 12.3 Å². The van der Waals surface area contributed by atoms with Crippen molar-refractivity contribution in [3.63, 3.8) is 0 Å². The molecular weight excluding hydrogens is 450 g/mol. The first kappa shape index (κ1) is 23.9. The number of carbonyl (C=O) groups excluding carboxylic acids is 4. The lowest BCUT2D eigenvalue weighted by atomic mass is 10.1. The van der Waals surface area contributed by atoms with E-state index in [1.165, 1.54) is 24.3 Å². The zero-order chi connectivity index (χ0) is 24.7. The van der Waals surface area contributed by atoms with Gasteiger partial charge in [-0.25, -0.2) is 4.79 Å². The number of hydrogen-bond donors (Lipinski definition) is 2. The molecule has 2 aromatic carbocycles. The maximum atomic E-state index is 12.2. The molecule has 1 fully saturated rings. The Morgan fingerprint density at radius 2 is 1.79 bits per heavy atom. The van der Waals surface area contributed by atoms with Crippen LogP contribution in [0.2, 0.25) is 0 Å². The van der Waals surface area contributed by atoms with Crippen molar-refractivity contribution < 1.29 is 38.4 Å². The molecule has 0 radical (unpaired) electrons. The SMILES string of the molecule is [N-]=[N+]=C(C(=O)CO[C@H]1NC(=O)[C@@H]1NC(=O)c1ccccc1)C(=O)OCc1ccc([N+](=O)[O-])cc1. The topological polar surface area (TPSA) is 190 Å². The smallest absolute Gasteiger partial charge is 0.443 e. The zero-order valence-electron chi connectivity index (χ0n) is 17.4. The van der Waals surface area contributed by atoms with Gasteiger partial charge < -0.3 is 25.6 Å². The van der Waals surface area contributed by atoms with Gasteiger partial charge in [0.25, 0.3) is 17.4 Å². The normalized spacial score (nSPS) is 16.3. The van der Waals surface area contributed by atoms with Gasteiger partial charge in [-0.3, -0.25) is 24.5 Å². The highest BCUT2D eigenvalue weighted by Gasteiger charge is 2.43. The summed E-state index contributed by atoms with van der Waals surface area (Å²) in [5, 5.41) is 15.5. The fraction of sp³-hybridized carbons (Fsp3) is 0.190. The maximum absolute atomic E-state index is 12.2. The van der Waals surface area contributed by atoms with Crippen LogP contribution in [-0.2, 0) is 30.5 Å². The molecule has 1 saturated heterocycles. The van der Waals surface area contributed by atoms with Crippen LogP contribution >= 0.6 is 0 Å². The first-order chi connectivity index (χ1) is 16.3. The quantitative estimate of drug-likeness (QED) is 0.0721. The van der Waals surface area contributed by atoms with Crippen LogP contribution in [0.15, 0.2) is 54.6 Å². The van der Waals surface area contributed by atoms with E-state index < -0.39 is 53.1 Å². The number of benzene rings is 2. The highest BCUT2D eigenvalue weighted by molar-refractivity contribution is 6.62. The van der Waals surface area contributed by atoms with E-state index >= 15 is 0 Å². The molecule has 2 aromatic rings. The highest BCUT2D eigenvalue weighted by Crippen LogP contribution is 2.13. The van der Waals surface area contributed by atoms with E-state index in [9.17, 15) is 29.3 Å². The minimum absolute atomic E-state index is 0.152. The third-order valence-corrected chi connectivity index (χ3v) is 4.66. The summed E-state index contributed by atoms with van der Waals surface area (Å²) in [5.74, 6) is -3.33. The number of esters is 1. The van der Waals surface area contributed by atoms with Gasteiger partial charge in [0.2, 0.25) is 5.91 Å². The van der Waals surface area contributed by atoms with E-state index in [0.29, 0.717) is 11.1 Å². The highest BCUT2D eigenvalue weighted by atomic mass is 16.6. The first-order valence-electron chi connectivity index (χ1n) is 9.73. The number of non-ortho nitro benzene ring substituents is 1. The molecule has 1 aliphatic rings. The van der Waals surface area contributed by atoms with Gasteiger partial charge >= 0.3 is 11.7 Å². The summed E-state index contributed by atoms with van der Waals surface area (Å²) in [7, 11) is 0. The van der Waals surface area contributed by atoms with E-state index in [-0.39, 0.29) is 12.3 Å². The Morgan fingerprint density at radius 3 is 2.38 bits per heavy atom. The van der Waals surface area contributed by atoms with Crippen LogP contribution in [0.5, 0.6) is 0 Å². The van der Waals surface area contributed by atoms with Gasteiger partial charge in [-0.05, 0) is 29.8 Å². The second-order valence-electron chi connectivity index (χ2n) is 6.93. The molecule has 0 aliphatic carbocycles. The molecule has 1 aliphatic heterocycles. The van der Waals surface area contributed by atoms with Gasteiger partial charge in [-0.15, -0.1) is 0 Å². The van der Waals surface area contributed by atoms with Crippen LogP contribution in [0.3, 0.4) is 0 Å². The summed E-state index contributed by atoms with van der Waals surface area (Å²) in [6.07, 6.45) is -1.04. The fourth-order valence-electron chi connectivity index (χ4n) is 2.82. The second-order valence-corrected chi connectivity index (χ2v) is 6.93. The summed E-state index contributed by atoms with van der Waals surface area (Å²) in [4.78, 5) is 61.0. The molecule has 34 heavy (non-hydrogen) atoms. The zero-order valence-corrected chi connectivity index (χ0v) is 17.4. The second kappa shape index (κ2) is 10.7. The van der Waals surface area contributed by atoms with Gasteiger partial charge in [0.05, 0.1) is 4.92 Å². The molecule has 1 heterocycles.